The summed E-state index contributed by atoms with van der Waals surface area (Å²) in [7, 11) is 0. The van der Waals surface area contributed by atoms with Crippen molar-refractivity contribution in [3.8, 4) is 16.9 Å². The quantitative estimate of drug-likeness (QED) is 0.169. The summed E-state index contributed by atoms with van der Waals surface area (Å²) in [5, 5.41) is 0. The average Bonchev–Trinajstić information content (AvgIpc) is 2.79. The first kappa shape index (κ1) is 27.2. The van der Waals surface area contributed by atoms with Crippen LogP contribution < -0.4 is 4.74 Å². The lowest BCUT2D eigenvalue weighted by Gasteiger charge is -2.14. The molecule has 0 aromatic heterocycles. The van der Waals surface area contributed by atoms with E-state index in [1.165, 1.54) is 24.3 Å². The van der Waals surface area contributed by atoms with Gasteiger partial charge in [0.1, 0.15) is 19.0 Å². The zero-order chi connectivity index (χ0) is 25.2. The van der Waals surface area contributed by atoms with E-state index in [4.69, 9.17) is 18.9 Å². The standard InChI is InChI=1S/C23H22F6O5/c1-2-21(30)34-12-10-32-8-7-31-9-11-33-20-5-3-16(4-6-20)17-13-18(22(24,25)26)15-19(14-17)23(27,28)29/h2-6,13-15H,1,7-12H2. The molecule has 0 saturated carbocycles. The van der Waals surface area contributed by atoms with Crippen molar-refractivity contribution in [2.45, 2.75) is 12.4 Å². The molecule has 0 spiro atoms. The highest BCUT2D eigenvalue weighted by Crippen LogP contribution is 2.38. The monoisotopic (exact) mass is 492 g/mol. The van der Waals surface area contributed by atoms with Crippen LogP contribution in [0.3, 0.4) is 0 Å². The van der Waals surface area contributed by atoms with E-state index in [0.717, 1.165) is 6.08 Å². The van der Waals surface area contributed by atoms with Crippen molar-refractivity contribution in [3.05, 3.63) is 66.2 Å². The summed E-state index contributed by atoms with van der Waals surface area (Å²) in [6.45, 7) is 4.50. The van der Waals surface area contributed by atoms with E-state index in [2.05, 4.69) is 6.58 Å². The molecule has 2 aromatic rings. The maximum atomic E-state index is 13.0. The zero-order valence-corrected chi connectivity index (χ0v) is 17.9. The van der Waals surface area contributed by atoms with Crippen LogP contribution in [0.15, 0.2) is 55.1 Å². The van der Waals surface area contributed by atoms with Crippen LogP contribution >= 0.6 is 0 Å². The molecule has 186 valence electrons. The fourth-order valence-corrected chi connectivity index (χ4v) is 2.67. The minimum atomic E-state index is -4.91. The van der Waals surface area contributed by atoms with Crippen molar-refractivity contribution in [2.24, 2.45) is 0 Å². The maximum Gasteiger partial charge on any atom is 0.416 e. The smallest absolute Gasteiger partial charge is 0.416 e. The van der Waals surface area contributed by atoms with Crippen LogP contribution in [0.2, 0.25) is 0 Å². The van der Waals surface area contributed by atoms with E-state index in [1.807, 2.05) is 0 Å². The summed E-state index contributed by atoms with van der Waals surface area (Å²) in [6.07, 6.45) is -8.78. The molecule has 2 aromatic carbocycles. The Hall–Kier alpha value is -3.05. The fraction of sp³-hybridized carbons (Fsp3) is 0.348. The zero-order valence-electron chi connectivity index (χ0n) is 17.9. The third kappa shape index (κ3) is 9.06. The lowest BCUT2D eigenvalue weighted by molar-refractivity contribution is -0.143. The number of ether oxygens (including phenoxy) is 4. The van der Waals surface area contributed by atoms with Crippen molar-refractivity contribution in [2.75, 3.05) is 39.6 Å². The van der Waals surface area contributed by atoms with Crippen LogP contribution in [0, 0.1) is 0 Å². The van der Waals surface area contributed by atoms with Crippen LogP contribution in [0.5, 0.6) is 5.75 Å². The number of benzene rings is 2. The van der Waals surface area contributed by atoms with Gasteiger partial charge in [-0.15, -0.1) is 0 Å². The number of rotatable bonds is 12. The van der Waals surface area contributed by atoms with E-state index in [-0.39, 0.29) is 56.8 Å². The molecule has 0 amide bonds. The Labute approximate surface area is 191 Å². The summed E-state index contributed by atoms with van der Waals surface area (Å²) in [4.78, 5) is 10.8. The number of hydrogen-bond donors (Lipinski definition) is 0. The minimum Gasteiger partial charge on any atom is -0.491 e. The Balaban J connectivity index is 1.81. The number of carbonyl (C=O) groups excluding carboxylic acids is 1. The van der Waals surface area contributed by atoms with Crippen molar-refractivity contribution < 1.29 is 50.1 Å². The van der Waals surface area contributed by atoms with Gasteiger partial charge < -0.3 is 18.9 Å². The molecule has 0 fully saturated rings. The highest BCUT2D eigenvalue weighted by molar-refractivity contribution is 5.81. The van der Waals surface area contributed by atoms with Crippen LogP contribution in [0.25, 0.3) is 11.1 Å². The summed E-state index contributed by atoms with van der Waals surface area (Å²) in [5.74, 6) is -0.165. The van der Waals surface area contributed by atoms with Crippen LogP contribution in [0.4, 0.5) is 26.3 Å². The third-order valence-corrected chi connectivity index (χ3v) is 4.28. The normalized spacial score (nSPS) is 11.8. The molecule has 5 nitrogen and oxygen atoms in total. The molecule has 34 heavy (non-hydrogen) atoms. The van der Waals surface area contributed by atoms with Crippen molar-refractivity contribution in [1.29, 1.82) is 0 Å². The summed E-state index contributed by atoms with van der Waals surface area (Å²) in [6, 6.07) is 7.06. The molecule has 0 heterocycles. The number of carbonyl (C=O) groups is 1. The molecule has 2 rings (SSSR count). The van der Waals surface area contributed by atoms with Crippen LogP contribution in [-0.4, -0.2) is 45.6 Å². The first-order valence-electron chi connectivity index (χ1n) is 9.98. The van der Waals surface area contributed by atoms with Gasteiger partial charge >= 0.3 is 18.3 Å². The molecule has 11 heteroatoms. The second-order valence-corrected chi connectivity index (χ2v) is 6.76. The SMILES string of the molecule is C=CC(=O)OCCOCCOCCOc1ccc(-c2cc(C(F)(F)F)cc(C(F)(F)F)c2)cc1. The fourth-order valence-electron chi connectivity index (χ4n) is 2.67. The number of halogens is 6. The predicted molar refractivity (Wildman–Crippen MR) is 110 cm³/mol. The molecular weight excluding hydrogens is 470 g/mol. The Morgan fingerprint density at radius 1 is 0.735 bits per heavy atom. The van der Waals surface area contributed by atoms with Gasteiger partial charge in [0, 0.05) is 6.08 Å². The Morgan fingerprint density at radius 3 is 1.74 bits per heavy atom. The molecule has 0 atom stereocenters. The Kier molecular flexibility index (Phi) is 9.94. The minimum absolute atomic E-state index is 0.0870. The van der Waals surface area contributed by atoms with Gasteiger partial charge in [-0.1, -0.05) is 18.7 Å². The van der Waals surface area contributed by atoms with E-state index in [9.17, 15) is 31.1 Å². The summed E-state index contributed by atoms with van der Waals surface area (Å²) >= 11 is 0. The second kappa shape index (κ2) is 12.4. The molecule has 0 aliphatic carbocycles. The first-order valence-corrected chi connectivity index (χ1v) is 9.98. The van der Waals surface area contributed by atoms with Gasteiger partial charge in [0.2, 0.25) is 0 Å². The van der Waals surface area contributed by atoms with Crippen LogP contribution in [-0.2, 0) is 31.4 Å². The Morgan fingerprint density at radius 2 is 1.24 bits per heavy atom. The highest BCUT2D eigenvalue weighted by atomic mass is 19.4. The van der Waals surface area contributed by atoms with Gasteiger partial charge in [-0.25, -0.2) is 4.79 Å². The van der Waals surface area contributed by atoms with E-state index in [0.29, 0.717) is 17.9 Å². The van der Waals surface area contributed by atoms with Gasteiger partial charge in [-0.2, -0.15) is 26.3 Å². The van der Waals surface area contributed by atoms with Gasteiger partial charge in [-0.3, -0.25) is 0 Å². The number of alkyl halides is 6. The summed E-state index contributed by atoms with van der Waals surface area (Å²) < 4.78 is 98.9. The average molecular weight is 492 g/mol. The lowest BCUT2D eigenvalue weighted by atomic mass is 9.99. The van der Waals surface area contributed by atoms with Gasteiger partial charge in [0.25, 0.3) is 0 Å². The van der Waals surface area contributed by atoms with E-state index in [1.54, 1.807) is 0 Å². The molecule has 0 aliphatic rings. The van der Waals surface area contributed by atoms with Gasteiger partial charge in [0.15, 0.2) is 0 Å². The topological polar surface area (TPSA) is 54.0 Å². The van der Waals surface area contributed by atoms with Gasteiger partial charge in [0.05, 0.1) is 37.6 Å². The molecule has 0 N–H and O–H groups in total. The molecule has 0 bridgehead atoms. The van der Waals surface area contributed by atoms with Crippen molar-refractivity contribution in [1.82, 2.24) is 0 Å². The lowest BCUT2D eigenvalue weighted by Crippen LogP contribution is -2.13. The largest absolute Gasteiger partial charge is 0.491 e. The first-order chi connectivity index (χ1) is 16.0. The van der Waals surface area contributed by atoms with Crippen molar-refractivity contribution in [3.63, 3.8) is 0 Å². The highest BCUT2D eigenvalue weighted by Gasteiger charge is 2.37. The molecule has 0 aliphatic heterocycles. The molecule has 0 saturated heterocycles. The molecule has 0 unspecified atom stereocenters. The third-order valence-electron chi connectivity index (χ3n) is 4.28. The molecular formula is C23H22F6O5. The van der Waals surface area contributed by atoms with Crippen LogP contribution in [0.1, 0.15) is 11.1 Å². The maximum absolute atomic E-state index is 13.0. The van der Waals surface area contributed by atoms with E-state index >= 15 is 0 Å². The Bertz CT molecular complexity index is 906. The predicted octanol–water partition coefficient (Wildman–Crippen LogP) is 5.53. The second-order valence-electron chi connectivity index (χ2n) is 6.76. The summed E-state index contributed by atoms with van der Waals surface area (Å²) in [5.41, 5.74) is -2.79. The van der Waals surface area contributed by atoms with Crippen molar-refractivity contribution >= 4 is 5.97 Å². The number of esters is 1. The van der Waals surface area contributed by atoms with E-state index < -0.39 is 29.4 Å². The van der Waals surface area contributed by atoms with Gasteiger partial charge in [-0.05, 0) is 41.5 Å². The number of hydrogen-bond acceptors (Lipinski definition) is 5. The molecule has 0 radical (unpaired) electrons.